The van der Waals surface area contributed by atoms with E-state index in [1.807, 2.05) is 30.3 Å². The van der Waals surface area contributed by atoms with E-state index in [1.165, 1.54) is 4.31 Å². The predicted octanol–water partition coefficient (Wildman–Crippen LogP) is -0.000600. The van der Waals surface area contributed by atoms with Crippen LogP contribution in [0.15, 0.2) is 30.3 Å². The molecule has 2 fully saturated rings. The minimum Gasteiger partial charge on any atom is -0.486 e. The third-order valence-electron chi connectivity index (χ3n) is 3.67. The highest BCUT2D eigenvalue weighted by Gasteiger charge is 2.35. The Kier molecular flexibility index (Phi) is 4.94. The molecule has 2 aliphatic heterocycles. The molecule has 0 aromatic heterocycles. The minimum absolute atomic E-state index is 0.307. The Hall–Kier alpha value is -1.19. The lowest BCUT2D eigenvalue weighted by Gasteiger charge is -2.28. The number of morpholine rings is 1. The lowest BCUT2D eigenvalue weighted by atomic mass is 10.2. The Labute approximate surface area is 130 Å². The van der Waals surface area contributed by atoms with Crippen molar-refractivity contribution in [2.75, 3.05) is 39.5 Å². The van der Waals surface area contributed by atoms with E-state index in [1.54, 1.807) is 0 Å². The average molecular weight is 328 g/mol. The van der Waals surface area contributed by atoms with Gasteiger partial charge in [-0.15, -0.1) is 0 Å². The second-order valence-corrected chi connectivity index (χ2v) is 6.95. The van der Waals surface area contributed by atoms with E-state index < -0.39 is 16.3 Å². The molecule has 2 heterocycles. The summed E-state index contributed by atoms with van der Waals surface area (Å²) in [6.07, 6.45) is -0.335. The molecule has 1 N–H and O–H groups in total. The van der Waals surface area contributed by atoms with E-state index in [0.717, 1.165) is 0 Å². The summed E-state index contributed by atoms with van der Waals surface area (Å²) in [5.74, 6) is 0.702. The van der Waals surface area contributed by atoms with Crippen LogP contribution in [0.1, 0.15) is 0 Å². The molecule has 122 valence electrons. The summed E-state index contributed by atoms with van der Waals surface area (Å²) in [5.41, 5.74) is 0. The number of hydrogen-bond acceptors (Lipinski definition) is 5. The van der Waals surface area contributed by atoms with Crippen LogP contribution < -0.4 is 9.46 Å². The highest BCUT2D eigenvalue weighted by molar-refractivity contribution is 7.87. The topological polar surface area (TPSA) is 77.1 Å². The van der Waals surface area contributed by atoms with Gasteiger partial charge in [0, 0.05) is 13.1 Å². The van der Waals surface area contributed by atoms with Crippen molar-refractivity contribution in [3.05, 3.63) is 30.3 Å². The summed E-state index contributed by atoms with van der Waals surface area (Å²) in [7, 11) is -3.55. The minimum atomic E-state index is -3.55. The largest absolute Gasteiger partial charge is 0.486 e. The third kappa shape index (κ3) is 3.76. The number of rotatable bonds is 5. The molecule has 8 heteroatoms. The van der Waals surface area contributed by atoms with Gasteiger partial charge in [0.15, 0.2) is 0 Å². The van der Waals surface area contributed by atoms with Crippen molar-refractivity contribution in [2.45, 2.75) is 12.1 Å². The van der Waals surface area contributed by atoms with Gasteiger partial charge in [0.1, 0.15) is 11.9 Å². The van der Waals surface area contributed by atoms with Gasteiger partial charge < -0.3 is 14.2 Å². The first-order chi connectivity index (χ1) is 10.6. The van der Waals surface area contributed by atoms with Gasteiger partial charge in [-0.25, -0.2) is 0 Å². The van der Waals surface area contributed by atoms with Crippen molar-refractivity contribution < 1.29 is 22.6 Å². The van der Waals surface area contributed by atoms with Crippen molar-refractivity contribution in [3.8, 4) is 5.75 Å². The molecule has 0 radical (unpaired) electrons. The molecule has 2 aliphatic rings. The number of nitrogens with one attached hydrogen (secondary N) is 1. The van der Waals surface area contributed by atoms with Crippen LogP contribution in [0.25, 0.3) is 0 Å². The monoisotopic (exact) mass is 328 g/mol. The first-order valence-corrected chi connectivity index (χ1v) is 8.74. The molecule has 3 rings (SSSR count). The molecule has 7 nitrogen and oxygen atoms in total. The quantitative estimate of drug-likeness (QED) is 0.823. The lowest BCUT2D eigenvalue weighted by molar-refractivity contribution is 0.0720. The fourth-order valence-electron chi connectivity index (χ4n) is 2.49. The fourth-order valence-corrected chi connectivity index (χ4v) is 3.87. The second-order valence-electron chi connectivity index (χ2n) is 5.25. The van der Waals surface area contributed by atoms with Crippen LogP contribution in [-0.4, -0.2) is 64.4 Å². The molecule has 0 aliphatic carbocycles. The SMILES string of the molecule is O=S(=O)(N[C@@H]1COC[C@@H]1Oc1ccccc1)N1CCOCC1. The molecule has 0 saturated carbocycles. The number of ether oxygens (including phenoxy) is 3. The average Bonchev–Trinajstić information content (AvgIpc) is 2.95. The maximum atomic E-state index is 12.4. The molecular formula is C14H20N2O5S. The molecule has 0 unspecified atom stereocenters. The molecular weight excluding hydrogens is 308 g/mol. The maximum Gasteiger partial charge on any atom is 0.280 e. The van der Waals surface area contributed by atoms with Crippen molar-refractivity contribution in [1.82, 2.24) is 9.03 Å². The Balaban J connectivity index is 1.63. The zero-order valence-corrected chi connectivity index (χ0v) is 13.0. The van der Waals surface area contributed by atoms with Gasteiger partial charge in [0.25, 0.3) is 10.2 Å². The molecule has 0 bridgehead atoms. The van der Waals surface area contributed by atoms with E-state index in [-0.39, 0.29) is 6.10 Å². The Morgan fingerprint density at radius 3 is 2.55 bits per heavy atom. The van der Waals surface area contributed by atoms with Crippen molar-refractivity contribution in [3.63, 3.8) is 0 Å². The van der Waals surface area contributed by atoms with E-state index >= 15 is 0 Å². The van der Waals surface area contributed by atoms with Crippen LogP contribution in [0.4, 0.5) is 0 Å². The van der Waals surface area contributed by atoms with Gasteiger partial charge in [-0.05, 0) is 12.1 Å². The zero-order valence-electron chi connectivity index (χ0n) is 12.2. The lowest BCUT2D eigenvalue weighted by Crippen LogP contribution is -2.53. The first-order valence-electron chi connectivity index (χ1n) is 7.30. The summed E-state index contributed by atoms with van der Waals surface area (Å²) >= 11 is 0. The van der Waals surface area contributed by atoms with E-state index in [2.05, 4.69) is 4.72 Å². The van der Waals surface area contributed by atoms with E-state index in [0.29, 0.717) is 45.3 Å². The molecule has 2 atom stereocenters. The Morgan fingerprint density at radius 1 is 1.09 bits per heavy atom. The van der Waals surface area contributed by atoms with Crippen LogP contribution in [0.2, 0.25) is 0 Å². The van der Waals surface area contributed by atoms with Crippen molar-refractivity contribution in [2.24, 2.45) is 0 Å². The van der Waals surface area contributed by atoms with Gasteiger partial charge in [0.2, 0.25) is 0 Å². The van der Waals surface area contributed by atoms with Gasteiger partial charge in [-0.3, -0.25) is 0 Å². The number of hydrogen-bond donors (Lipinski definition) is 1. The molecule has 22 heavy (non-hydrogen) atoms. The van der Waals surface area contributed by atoms with E-state index in [4.69, 9.17) is 14.2 Å². The normalized spacial score (nSPS) is 26.9. The van der Waals surface area contributed by atoms with Crippen LogP contribution in [0.3, 0.4) is 0 Å². The van der Waals surface area contributed by atoms with Crippen LogP contribution in [0.5, 0.6) is 5.75 Å². The summed E-state index contributed by atoms with van der Waals surface area (Å²) < 4.78 is 45.2. The highest BCUT2D eigenvalue weighted by atomic mass is 32.2. The first kappa shape index (κ1) is 15.7. The Bertz CT molecular complexity index is 574. The molecule has 0 spiro atoms. The van der Waals surface area contributed by atoms with Crippen LogP contribution in [-0.2, 0) is 19.7 Å². The molecule has 0 amide bonds. The third-order valence-corrected chi connectivity index (χ3v) is 5.31. The molecule has 2 saturated heterocycles. The summed E-state index contributed by atoms with van der Waals surface area (Å²) in [5, 5.41) is 0. The van der Waals surface area contributed by atoms with E-state index in [9.17, 15) is 8.42 Å². The predicted molar refractivity (Wildman–Crippen MR) is 79.9 cm³/mol. The second kappa shape index (κ2) is 6.93. The maximum absolute atomic E-state index is 12.4. The van der Waals surface area contributed by atoms with Gasteiger partial charge in [-0.2, -0.15) is 17.4 Å². The van der Waals surface area contributed by atoms with Crippen molar-refractivity contribution in [1.29, 1.82) is 0 Å². The van der Waals surface area contributed by atoms with Gasteiger partial charge in [-0.1, -0.05) is 18.2 Å². The van der Waals surface area contributed by atoms with Crippen LogP contribution >= 0.6 is 0 Å². The summed E-state index contributed by atoms with van der Waals surface area (Å²) in [6, 6.07) is 8.93. The number of nitrogens with zero attached hydrogens (tertiary/aromatic N) is 1. The molecule has 1 aromatic rings. The van der Waals surface area contributed by atoms with Crippen LogP contribution in [0, 0.1) is 0 Å². The number of benzene rings is 1. The highest BCUT2D eigenvalue weighted by Crippen LogP contribution is 2.18. The zero-order chi connectivity index (χ0) is 15.4. The fraction of sp³-hybridized carbons (Fsp3) is 0.571. The smallest absolute Gasteiger partial charge is 0.280 e. The van der Waals surface area contributed by atoms with Crippen molar-refractivity contribution >= 4 is 10.2 Å². The standard InChI is InChI=1S/C14H20N2O5S/c17-22(18,16-6-8-19-9-7-16)15-13-10-20-11-14(13)21-12-4-2-1-3-5-12/h1-5,13-15H,6-11H2/t13-,14+/m1/s1. The summed E-state index contributed by atoms with van der Waals surface area (Å²) in [4.78, 5) is 0. The Morgan fingerprint density at radius 2 is 1.82 bits per heavy atom. The number of para-hydroxylation sites is 1. The molecule has 1 aromatic carbocycles. The van der Waals surface area contributed by atoms with Gasteiger partial charge in [0.05, 0.1) is 32.5 Å². The summed E-state index contributed by atoms with van der Waals surface area (Å²) in [6.45, 7) is 2.25. The van der Waals surface area contributed by atoms with Gasteiger partial charge >= 0.3 is 0 Å².